The van der Waals surface area contributed by atoms with E-state index < -0.39 is 5.97 Å². The van der Waals surface area contributed by atoms with Crippen LogP contribution in [0.25, 0.3) is 0 Å². The molecule has 0 radical (unpaired) electrons. The number of carboxylic acid groups (broad SMARTS) is 1. The van der Waals surface area contributed by atoms with E-state index in [1.54, 1.807) is 19.1 Å². The van der Waals surface area contributed by atoms with E-state index in [0.717, 1.165) is 22.8 Å². The van der Waals surface area contributed by atoms with Gasteiger partial charge in [-0.05, 0) is 24.3 Å². The van der Waals surface area contributed by atoms with Crippen molar-refractivity contribution in [3.05, 3.63) is 34.3 Å². The van der Waals surface area contributed by atoms with Crippen molar-refractivity contribution in [2.45, 2.75) is 0 Å². The number of aromatic nitrogens is 1. The Bertz CT molecular complexity index is 598. The number of carbonyl (C=O) groups is 1. The number of halogens is 1. The van der Waals surface area contributed by atoms with E-state index >= 15 is 0 Å². The maximum atomic E-state index is 10.9. The zero-order valence-electron chi connectivity index (χ0n) is 10.3. The Morgan fingerprint density at radius 1 is 1.42 bits per heavy atom. The highest BCUT2D eigenvalue weighted by Gasteiger charge is 2.18. The predicted octanol–water partition coefficient (Wildman–Crippen LogP) is 3.27. The molecule has 0 unspecified atom stereocenters. The minimum absolute atomic E-state index is 0.00728. The van der Waals surface area contributed by atoms with Gasteiger partial charge in [0.2, 0.25) is 0 Å². The van der Waals surface area contributed by atoms with Crippen LogP contribution >= 0.6 is 22.9 Å². The average molecular weight is 299 g/mol. The van der Waals surface area contributed by atoms with Gasteiger partial charge in [0.1, 0.15) is 5.75 Å². The molecule has 1 aromatic carbocycles. The minimum atomic E-state index is -1.07. The Hall–Kier alpha value is -1.79. The first-order chi connectivity index (χ1) is 9.02. The molecule has 0 aliphatic carbocycles. The van der Waals surface area contributed by atoms with Crippen molar-refractivity contribution < 1.29 is 14.6 Å². The molecule has 0 saturated heterocycles. The summed E-state index contributed by atoms with van der Waals surface area (Å²) in [5, 5.41) is 9.48. The van der Waals surface area contributed by atoms with Crippen molar-refractivity contribution in [3.63, 3.8) is 0 Å². The summed E-state index contributed by atoms with van der Waals surface area (Å²) in [6.45, 7) is 0. The first kappa shape index (κ1) is 13.6. The lowest BCUT2D eigenvalue weighted by atomic mass is 10.3. The van der Waals surface area contributed by atoms with E-state index in [1.165, 1.54) is 0 Å². The van der Waals surface area contributed by atoms with E-state index in [-0.39, 0.29) is 10.0 Å². The van der Waals surface area contributed by atoms with E-state index in [9.17, 15) is 4.79 Å². The molecule has 100 valence electrons. The highest BCUT2D eigenvalue weighted by Crippen LogP contribution is 2.33. The lowest BCUT2D eigenvalue weighted by molar-refractivity contribution is 0.0702. The summed E-state index contributed by atoms with van der Waals surface area (Å²) >= 11 is 6.82. The quantitative estimate of drug-likeness (QED) is 0.938. The van der Waals surface area contributed by atoms with Crippen LogP contribution in [-0.4, -0.2) is 30.2 Å². The summed E-state index contributed by atoms with van der Waals surface area (Å²) in [6, 6.07) is 7.35. The lowest BCUT2D eigenvalue weighted by Gasteiger charge is -2.15. The molecule has 1 aromatic heterocycles. The molecule has 2 rings (SSSR count). The van der Waals surface area contributed by atoms with E-state index in [2.05, 4.69) is 4.98 Å². The summed E-state index contributed by atoms with van der Waals surface area (Å²) in [5.74, 6) is -0.322. The van der Waals surface area contributed by atoms with Crippen LogP contribution < -0.4 is 9.64 Å². The summed E-state index contributed by atoms with van der Waals surface area (Å²) < 4.78 is 5.08. The number of aromatic carboxylic acids is 1. The summed E-state index contributed by atoms with van der Waals surface area (Å²) in [6.07, 6.45) is 0. The molecule has 1 heterocycles. The van der Waals surface area contributed by atoms with Gasteiger partial charge in [-0.3, -0.25) is 0 Å². The molecule has 0 atom stereocenters. The summed E-state index contributed by atoms with van der Waals surface area (Å²) in [5.41, 5.74) is 0.864. The van der Waals surface area contributed by atoms with E-state index in [0.29, 0.717) is 5.13 Å². The van der Waals surface area contributed by atoms with Crippen LogP contribution in [0.3, 0.4) is 0 Å². The second kappa shape index (κ2) is 5.46. The van der Waals surface area contributed by atoms with Gasteiger partial charge in [0.25, 0.3) is 0 Å². The summed E-state index contributed by atoms with van der Waals surface area (Å²) in [4.78, 5) is 16.8. The first-order valence-corrected chi connectivity index (χ1v) is 6.49. The number of thiazole rings is 1. The van der Waals surface area contributed by atoms with Gasteiger partial charge in [0.05, 0.1) is 7.11 Å². The number of anilines is 2. The molecule has 0 aliphatic rings. The third-order valence-electron chi connectivity index (χ3n) is 2.52. The largest absolute Gasteiger partial charge is 0.497 e. The van der Waals surface area contributed by atoms with Crippen LogP contribution in [0, 0.1) is 0 Å². The van der Waals surface area contributed by atoms with Crippen molar-refractivity contribution in [1.29, 1.82) is 0 Å². The van der Waals surface area contributed by atoms with E-state index in [1.807, 2.05) is 24.3 Å². The Morgan fingerprint density at radius 3 is 2.53 bits per heavy atom. The van der Waals surface area contributed by atoms with Gasteiger partial charge >= 0.3 is 5.97 Å². The molecule has 0 aliphatic heterocycles. The maximum Gasteiger partial charge on any atom is 0.349 e. The number of hydrogen-bond acceptors (Lipinski definition) is 5. The lowest BCUT2D eigenvalue weighted by Crippen LogP contribution is -2.08. The second-order valence-corrected chi connectivity index (χ2v) is 5.01. The molecular weight excluding hydrogens is 288 g/mol. The predicted molar refractivity (Wildman–Crippen MR) is 75.1 cm³/mol. The third-order valence-corrected chi connectivity index (χ3v) is 4.02. The number of methoxy groups -OCH3 is 1. The van der Waals surface area contributed by atoms with Gasteiger partial charge in [-0.25, -0.2) is 9.78 Å². The summed E-state index contributed by atoms with van der Waals surface area (Å²) in [7, 11) is 3.39. The fourth-order valence-electron chi connectivity index (χ4n) is 1.48. The number of hydrogen-bond donors (Lipinski definition) is 1. The third kappa shape index (κ3) is 2.80. The number of carboxylic acids is 1. The fraction of sp³-hybridized carbons (Fsp3) is 0.167. The molecule has 19 heavy (non-hydrogen) atoms. The molecule has 5 nitrogen and oxygen atoms in total. The van der Waals surface area contributed by atoms with Crippen LogP contribution in [0.2, 0.25) is 5.15 Å². The molecule has 1 N–H and O–H groups in total. The Balaban J connectivity index is 2.30. The first-order valence-electron chi connectivity index (χ1n) is 5.30. The van der Waals surface area contributed by atoms with Crippen LogP contribution in [0.4, 0.5) is 10.8 Å². The molecule has 0 fully saturated rings. The Kier molecular flexibility index (Phi) is 3.92. The van der Waals surface area contributed by atoms with Crippen molar-refractivity contribution in [2.24, 2.45) is 0 Å². The van der Waals surface area contributed by atoms with Crippen molar-refractivity contribution in [1.82, 2.24) is 4.98 Å². The SMILES string of the molecule is COc1ccc(N(C)c2nc(Cl)c(C(=O)O)s2)cc1. The highest BCUT2D eigenvalue weighted by molar-refractivity contribution is 7.18. The normalized spacial score (nSPS) is 10.3. The molecule has 2 aromatic rings. The van der Waals surface area contributed by atoms with Gasteiger partial charge in [0, 0.05) is 12.7 Å². The highest BCUT2D eigenvalue weighted by atomic mass is 35.5. The number of ether oxygens (including phenoxy) is 1. The Labute approximate surface area is 119 Å². The number of nitrogens with zero attached hydrogens (tertiary/aromatic N) is 2. The Morgan fingerprint density at radius 2 is 2.05 bits per heavy atom. The second-order valence-electron chi connectivity index (χ2n) is 3.68. The molecule has 0 spiro atoms. The van der Waals surface area contributed by atoms with Crippen LogP contribution in [0.15, 0.2) is 24.3 Å². The van der Waals surface area contributed by atoms with Gasteiger partial charge in [-0.2, -0.15) is 0 Å². The van der Waals surface area contributed by atoms with Crippen molar-refractivity contribution >= 4 is 39.7 Å². The molecule has 7 heteroatoms. The molecule has 0 amide bonds. The van der Waals surface area contributed by atoms with E-state index in [4.69, 9.17) is 21.4 Å². The van der Waals surface area contributed by atoms with Gasteiger partial charge in [-0.1, -0.05) is 22.9 Å². The molecule has 0 bridgehead atoms. The van der Waals surface area contributed by atoms with Gasteiger partial charge in [0.15, 0.2) is 15.2 Å². The minimum Gasteiger partial charge on any atom is -0.497 e. The van der Waals surface area contributed by atoms with Crippen LogP contribution in [0.5, 0.6) is 5.75 Å². The van der Waals surface area contributed by atoms with Gasteiger partial charge in [-0.15, -0.1) is 0 Å². The topological polar surface area (TPSA) is 62.7 Å². The maximum absolute atomic E-state index is 10.9. The zero-order chi connectivity index (χ0) is 14.0. The number of rotatable bonds is 4. The van der Waals surface area contributed by atoms with Crippen LogP contribution in [0.1, 0.15) is 9.67 Å². The van der Waals surface area contributed by atoms with Crippen molar-refractivity contribution in [3.8, 4) is 5.75 Å². The zero-order valence-corrected chi connectivity index (χ0v) is 11.8. The standard InChI is InChI=1S/C12H11ClN2O3S/c1-15(7-3-5-8(18-2)6-4-7)12-14-10(13)9(19-12)11(16)17/h3-6H,1-2H3,(H,16,17). The monoisotopic (exact) mass is 298 g/mol. The van der Waals surface area contributed by atoms with Crippen molar-refractivity contribution in [2.75, 3.05) is 19.1 Å². The average Bonchev–Trinajstić information content (AvgIpc) is 2.80. The molecule has 0 saturated carbocycles. The smallest absolute Gasteiger partial charge is 0.349 e. The fourth-order valence-corrected chi connectivity index (χ4v) is 2.59. The van der Waals surface area contributed by atoms with Gasteiger partial charge < -0.3 is 14.7 Å². The number of benzene rings is 1. The molecular formula is C12H11ClN2O3S. The van der Waals surface area contributed by atoms with Crippen LogP contribution in [-0.2, 0) is 0 Å².